The molecule has 0 amide bonds. The molecule has 0 atom stereocenters. The van der Waals surface area contributed by atoms with Crippen LogP contribution in [0.4, 0.5) is 0 Å². The quantitative estimate of drug-likeness (QED) is 0.305. The van der Waals surface area contributed by atoms with Crippen molar-refractivity contribution in [3.8, 4) is 0 Å². The predicted octanol–water partition coefficient (Wildman–Crippen LogP) is -0.389. The summed E-state index contributed by atoms with van der Waals surface area (Å²) in [4.78, 5) is 0. The summed E-state index contributed by atoms with van der Waals surface area (Å²) in [6, 6.07) is 0. The molecule has 0 aromatic heterocycles. The molecule has 11 heavy (non-hydrogen) atoms. The van der Waals surface area contributed by atoms with Gasteiger partial charge in [0.1, 0.15) is 0 Å². The van der Waals surface area contributed by atoms with E-state index >= 15 is 0 Å². The van der Waals surface area contributed by atoms with Crippen molar-refractivity contribution in [1.82, 2.24) is 0 Å². The molecular weight excluding hydrogens is 147 g/mol. The molecule has 0 bridgehead atoms. The van der Waals surface area contributed by atoms with Crippen LogP contribution in [0.3, 0.4) is 0 Å². The maximum absolute atomic E-state index is 5.60. The summed E-state index contributed by atoms with van der Waals surface area (Å²) in [6.45, 7) is 11.0. The van der Waals surface area contributed by atoms with Gasteiger partial charge >= 0.3 is 18.9 Å². The van der Waals surface area contributed by atoms with Crippen molar-refractivity contribution in [2.24, 2.45) is 0 Å². The molecule has 0 aromatic rings. The van der Waals surface area contributed by atoms with E-state index in [4.69, 9.17) is 4.43 Å². The second-order valence-electron chi connectivity index (χ2n) is 3.31. The Morgan fingerprint density at radius 2 is 1.91 bits per heavy atom. The second-order valence-corrected chi connectivity index (χ2v) is 7.83. The first kappa shape index (κ1) is 14.1. The van der Waals surface area contributed by atoms with Crippen molar-refractivity contribution in [2.75, 3.05) is 6.61 Å². The van der Waals surface area contributed by atoms with Gasteiger partial charge in [-0.15, -0.1) is 0 Å². The summed E-state index contributed by atoms with van der Waals surface area (Å²) in [7, 11) is -1.26. The van der Waals surface area contributed by atoms with E-state index in [-0.39, 0.29) is 18.9 Å². The second kappa shape index (κ2) is 7.18. The fraction of sp³-hybridized carbons (Fsp3) is 0.750. The summed E-state index contributed by atoms with van der Waals surface area (Å²) in [5.74, 6) is 0. The Labute approximate surface area is 83.5 Å². The van der Waals surface area contributed by atoms with Crippen molar-refractivity contribution >= 4 is 8.32 Å². The average molecular weight is 164 g/mol. The molecule has 0 aliphatic carbocycles. The van der Waals surface area contributed by atoms with Gasteiger partial charge in [-0.2, -0.15) is 6.42 Å². The number of hydrogen-bond donors (Lipinski definition) is 0. The zero-order chi connectivity index (χ0) is 8.04. The van der Waals surface area contributed by atoms with E-state index in [0.717, 1.165) is 19.4 Å². The number of hydrogen-bond acceptors (Lipinski definition) is 1. The Morgan fingerprint density at radius 3 is 2.27 bits per heavy atom. The largest absolute Gasteiger partial charge is 1.00 e. The standard InChI is InChI=1S/C8H17OSi.Li/c1-5-6-7-8-9-10(2,3)4;/h1,6-8H2,2-4H3;/q-1;+1. The van der Waals surface area contributed by atoms with Crippen LogP contribution in [0.25, 0.3) is 0 Å². The van der Waals surface area contributed by atoms with Gasteiger partial charge < -0.3 is 10.5 Å². The van der Waals surface area contributed by atoms with Gasteiger partial charge in [0.2, 0.25) is 0 Å². The first-order valence-corrected chi connectivity index (χ1v) is 7.11. The molecule has 0 rings (SSSR count). The van der Waals surface area contributed by atoms with Crippen LogP contribution in [-0.4, -0.2) is 14.9 Å². The molecule has 0 saturated carbocycles. The Bertz CT molecular complexity index is 98.8. The van der Waals surface area contributed by atoms with Crippen molar-refractivity contribution in [3.63, 3.8) is 0 Å². The summed E-state index contributed by atoms with van der Waals surface area (Å²) in [5, 5.41) is 0. The summed E-state index contributed by atoms with van der Waals surface area (Å²) < 4.78 is 5.60. The number of allylic oxidation sites excluding steroid dienone is 1. The molecule has 60 valence electrons. The molecule has 0 aliphatic heterocycles. The van der Waals surface area contributed by atoms with Crippen LogP contribution >= 0.6 is 0 Å². The van der Waals surface area contributed by atoms with Gasteiger partial charge in [-0.1, -0.05) is 6.42 Å². The van der Waals surface area contributed by atoms with Crippen molar-refractivity contribution in [3.05, 3.63) is 12.7 Å². The van der Waals surface area contributed by atoms with Gasteiger partial charge in [-0.25, -0.2) is 0 Å². The third-order valence-electron chi connectivity index (χ3n) is 1.03. The molecule has 0 aromatic carbocycles. The fourth-order valence-corrected chi connectivity index (χ4v) is 1.33. The zero-order valence-electron chi connectivity index (χ0n) is 8.24. The van der Waals surface area contributed by atoms with E-state index in [1.54, 1.807) is 0 Å². The SMILES string of the molecule is C=[C-]CCCO[Si](C)(C)C.[Li+]. The minimum atomic E-state index is -1.26. The minimum Gasteiger partial charge on any atom is -0.504 e. The molecule has 0 spiro atoms. The van der Waals surface area contributed by atoms with E-state index in [1.165, 1.54) is 0 Å². The summed E-state index contributed by atoms with van der Waals surface area (Å²) >= 11 is 0. The number of unbranched alkanes of at least 4 members (excludes halogenated alkanes) is 1. The maximum atomic E-state index is 5.60. The summed E-state index contributed by atoms with van der Waals surface area (Å²) in [5.41, 5.74) is 0. The van der Waals surface area contributed by atoms with Gasteiger partial charge in [-0.05, 0) is 19.6 Å². The zero-order valence-corrected chi connectivity index (χ0v) is 9.24. The maximum Gasteiger partial charge on any atom is 1.00 e. The molecule has 0 aliphatic rings. The number of rotatable bonds is 5. The minimum absolute atomic E-state index is 0. The Morgan fingerprint density at radius 1 is 1.36 bits per heavy atom. The van der Waals surface area contributed by atoms with Crippen LogP contribution in [0, 0.1) is 6.08 Å². The van der Waals surface area contributed by atoms with Crippen LogP contribution in [0.2, 0.25) is 19.6 Å². The van der Waals surface area contributed by atoms with E-state index in [9.17, 15) is 0 Å². The van der Waals surface area contributed by atoms with Crippen molar-refractivity contribution < 1.29 is 23.3 Å². The Kier molecular flexibility index (Phi) is 9.18. The van der Waals surface area contributed by atoms with Crippen molar-refractivity contribution in [1.29, 1.82) is 0 Å². The van der Waals surface area contributed by atoms with Crippen LogP contribution in [0.15, 0.2) is 6.58 Å². The Balaban J connectivity index is 0. The van der Waals surface area contributed by atoms with Gasteiger partial charge in [0.15, 0.2) is 8.32 Å². The molecule has 0 unspecified atom stereocenters. The van der Waals surface area contributed by atoms with Crippen molar-refractivity contribution in [2.45, 2.75) is 32.5 Å². The molecular formula is C8H17LiOSi. The first-order chi connectivity index (χ1) is 4.56. The van der Waals surface area contributed by atoms with Gasteiger partial charge in [0.25, 0.3) is 0 Å². The molecule has 0 heterocycles. The fourth-order valence-electron chi connectivity index (χ4n) is 0.576. The molecule has 1 nitrogen and oxygen atoms in total. The predicted molar refractivity (Wildman–Crippen MR) is 47.4 cm³/mol. The van der Waals surface area contributed by atoms with Crippen LogP contribution in [0.5, 0.6) is 0 Å². The van der Waals surface area contributed by atoms with E-state index in [0.29, 0.717) is 0 Å². The van der Waals surface area contributed by atoms with E-state index in [2.05, 4.69) is 32.3 Å². The van der Waals surface area contributed by atoms with E-state index in [1.807, 2.05) is 0 Å². The van der Waals surface area contributed by atoms with Crippen LogP contribution in [-0.2, 0) is 4.43 Å². The molecule has 0 saturated heterocycles. The Hall–Kier alpha value is 0.514. The average Bonchev–Trinajstić information content (AvgIpc) is 1.78. The smallest absolute Gasteiger partial charge is 0.504 e. The molecule has 0 fully saturated rings. The first-order valence-electron chi connectivity index (χ1n) is 3.70. The van der Waals surface area contributed by atoms with Gasteiger partial charge in [0, 0.05) is 6.61 Å². The molecule has 3 heteroatoms. The van der Waals surface area contributed by atoms with E-state index < -0.39 is 8.32 Å². The third-order valence-corrected chi connectivity index (χ3v) is 2.10. The molecule has 0 N–H and O–H groups in total. The molecule has 0 radical (unpaired) electrons. The van der Waals surface area contributed by atoms with Gasteiger partial charge in [0.05, 0.1) is 0 Å². The topological polar surface area (TPSA) is 9.23 Å². The normalized spacial score (nSPS) is 10.5. The monoisotopic (exact) mass is 164 g/mol. The van der Waals surface area contributed by atoms with Crippen LogP contribution in [0.1, 0.15) is 12.8 Å². The van der Waals surface area contributed by atoms with Gasteiger partial charge in [-0.3, -0.25) is 6.58 Å². The van der Waals surface area contributed by atoms with Crippen LogP contribution < -0.4 is 18.9 Å². The third kappa shape index (κ3) is 13.5. The summed E-state index contributed by atoms with van der Waals surface area (Å²) in [6.07, 6.45) is 4.85.